The van der Waals surface area contributed by atoms with Gasteiger partial charge in [0, 0.05) is 6.20 Å². The highest BCUT2D eigenvalue weighted by Gasteiger charge is 2.42. The zero-order valence-corrected chi connectivity index (χ0v) is 9.80. The Morgan fingerprint density at radius 3 is 2.81 bits per heavy atom. The van der Waals surface area contributed by atoms with E-state index in [2.05, 4.69) is 4.98 Å². The Bertz CT molecular complexity index is 389. The lowest BCUT2D eigenvalue weighted by Crippen LogP contribution is -2.47. The predicted molar refractivity (Wildman–Crippen MR) is 59.9 cm³/mol. The molecule has 1 aromatic rings. The first-order valence-electron chi connectivity index (χ1n) is 5.39. The number of ether oxygens (including phenoxy) is 1. The maximum Gasteiger partial charge on any atom is 0.274 e. The first-order chi connectivity index (χ1) is 7.52. The van der Waals surface area contributed by atoms with Crippen molar-refractivity contribution < 1.29 is 9.53 Å². The van der Waals surface area contributed by atoms with Gasteiger partial charge in [-0.05, 0) is 32.9 Å². The fraction of sp³-hybridized carbons (Fsp3) is 0.500. The predicted octanol–water partition coefficient (Wildman–Crippen LogP) is 1.68. The molecule has 4 heteroatoms. The van der Waals surface area contributed by atoms with E-state index in [9.17, 15) is 4.79 Å². The summed E-state index contributed by atoms with van der Waals surface area (Å²) in [6.45, 7) is 6.44. The molecule has 0 saturated carbocycles. The molecule has 16 heavy (non-hydrogen) atoms. The number of rotatable bonds is 1. The molecule has 1 fully saturated rings. The number of pyridine rings is 1. The van der Waals surface area contributed by atoms with Crippen LogP contribution in [-0.4, -0.2) is 34.2 Å². The van der Waals surface area contributed by atoms with Crippen LogP contribution in [0.15, 0.2) is 24.4 Å². The van der Waals surface area contributed by atoms with Crippen LogP contribution >= 0.6 is 0 Å². The van der Waals surface area contributed by atoms with Gasteiger partial charge < -0.3 is 9.64 Å². The quantitative estimate of drug-likeness (QED) is 0.723. The fourth-order valence-corrected chi connectivity index (χ4v) is 2.01. The van der Waals surface area contributed by atoms with Crippen LogP contribution in [0.5, 0.6) is 0 Å². The van der Waals surface area contributed by atoms with Crippen LogP contribution < -0.4 is 0 Å². The molecule has 86 valence electrons. The molecule has 1 aliphatic rings. The maximum atomic E-state index is 12.3. The standard InChI is InChI=1S/C12H16N2O2/c1-9-14(12(2,3)8-16-9)11(15)10-6-4-5-7-13-10/h4-7,9H,8H2,1-3H3. The number of amides is 1. The Morgan fingerprint density at radius 1 is 1.56 bits per heavy atom. The van der Waals surface area contributed by atoms with Crippen molar-refractivity contribution >= 4 is 5.91 Å². The summed E-state index contributed by atoms with van der Waals surface area (Å²) in [7, 11) is 0. The van der Waals surface area contributed by atoms with Gasteiger partial charge in [0.2, 0.25) is 0 Å². The molecule has 1 aliphatic heterocycles. The van der Waals surface area contributed by atoms with E-state index in [1.807, 2.05) is 26.8 Å². The molecule has 1 atom stereocenters. The van der Waals surface area contributed by atoms with Gasteiger partial charge in [-0.15, -0.1) is 0 Å². The Hall–Kier alpha value is -1.42. The molecular formula is C12H16N2O2. The molecule has 0 aliphatic carbocycles. The van der Waals surface area contributed by atoms with E-state index >= 15 is 0 Å². The largest absolute Gasteiger partial charge is 0.356 e. The zero-order chi connectivity index (χ0) is 11.8. The Labute approximate surface area is 95.2 Å². The molecule has 0 N–H and O–H groups in total. The third-order valence-electron chi connectivity index (χ3n) is 2.80. The lowest BCUT2D eigenvalue weighted by Gasteiger charge is -2.31. The number of carbonyl (C=O) groups excluding carboxylic acids is 1. The van der Waals surface area contributed by atoms with Crippen molar-refractivity contribution in [2.45, 2.75) is 32.5 Å². The molecule has 0 bridgehead atoms. The van der Waals surface area contributed by atoms with Gasteiger partial charge in [0.25, 0.3) is 5.91 Å². The van der Waals surface area contributed by atoms with Crippen molar-refractivity contribution in [3.63, 3.8) is 0 Å². The third-order valence-corrected chi connectivity index (χ3v) is 2.80. The minimum atomic E-state index is -0.270. The summed E-state index contributed by atoms with van der Waals surface area (Å²) < 4.78 is 5.50. The second-order valence-corrected chi connectivity index (χ2v) is 4.61. The lowest BCUT2D eigenvalue weighted by atomic mass is 10.1. The van der Waals surface area contributed by atoms with Gasteiger partial charge >= 0.3 is 0 Å². The van der Waals surface area contributed by atoms with Gasteiger partial charge in [-0.1, -0.05) is 6.07 Å². The van der Waals surface area contributed by atoms with E-state index < -0.39 is 0 Å². The lowest BCUT2D eigenvalue weighted by molar-refractivity contribution is 0.0302. The molecule has 0 radical (unpaired) electrons. The number of hydrogen-bond acceptors (Lipinski definition) is 3. The van der Waals surface area contributed by atoms with Crippen LogP contribution in [0.25, 0.3) is 0 Å². The minimum absolute atomic E-state index is 0.0735. The number of nitrogens with zero attached hydrogens (tertiary/aromatic N) is 2. The van der Waals surface area contributed by atoms with Crippen molar-refractivity contribution in [1.82, 2.24) is 9.88 Å². The number of aromatic nitrogens is 1. The van der Waals surface area contributed by atoms with Crippen molar-refractivity contribution in [1.29, 1.82) is 0 Å². The topological polar surface area (TPSA) is 42.4 Å². The summed E-state index contributed by atoms with van der Waals surface area (Å²) in [5, 5.41) is 0. The van der Waals surface area contributed by atoms with Gasteiger partial charge in [0.15, 0.2) is 0 Å². The Morgan fingerprint density at radius 2 is 2.31 bits per heavy atom. The van der Waals surface area contributed by atoms with Crippen LogP contribution in [0.4, 0.5) is 0 Å². The minimum Gasteiger partial charge on any atom is -0.356 e. The molecule has 1 saturated heterocycles. The highest BCUT2D eigenvalue weighted by molar-refractivity contribution is 5.93. The van der Waals surface area contributed by atoms with Crippen molar-refractivity contribution in [2.75, 3.05) is 6.61 Å². The van der Waals surface area contributed by atoms with Crippen LogP contribution in [0.1, 0.15) is 31.3 Å². The Balaban J connectivity index is 2.28. The maximum absolute atomic E-state index is 12.3. The zero-order valence-electron chi connectivity index (χ0n) is 9.80. The summed E-state index contributed by atoms with van der Waals surface area (Å²) in [6.07, 6.45) is 1.44. The molecule has 1 amide bonds. The average Bonchev–Trinajstić information content (AvgIpc) is 2.53. The van der Waals surface area contributed by atoms with Crippen molar-refractivity contribution in [3.8, 4) is 0 Å². The van der Waals surface area contributed by atoms with Crippen molar-refractivity contribution in [3.05, 3.63) is 30.1 Å². The molecular weight excluding hydrogens is 204 g/mol. The van der Waals surface area contributed by atoms with Crippen LogP contribution in [0.2, 0.25) is 0 Å². The SMILES string of the molecule is CC1OCC(C)(C)N1C(=O)c1ccccn1. The summed E-state index contributed by atoms with van der Waals surface area (Å²) >= 11 is 0. The smallest absolute Gasteiger partial charge is 0.274 e. The Kier molecular flexibility index (Phi) is 2.68. The monoisotopic (exact) mass is 220 g/mol. The van der Waals surface area contributed by atoms with Gasteiger partial charge in [-0.2, -0.15) is 0 Å². The van der Waals surface area contributed by atoms with E-state index in [0.717, 1.165) is 0 Å². The highest BCUT2D eigenvalue weighted by Crippen LogP contribution is 2.27. The van der Waals surface area contributed by atoms with Crippen LogP contribution in [-0.2, 0) is 4.74 Å². The highest BCUT2D eigenvalue weighted by atomic mass is 16.5. The van der Waals surface area contributed by atoms with E-state index in [0.29, 0.717) is 12.3 Å². The van der Waals surface area contributed by atoms with Gasteiger partial charge in [-0.3, -0.25) is 9.78 Å². The van der Waals surface area contributed by atoms with Crippen molar-refractivity contribution in [2.24, 2.45) is 0 Å². The summed E-state index contributed by atoms with van der Waals surface area (Å²) in [6, 6.07) is 5.34. The normalized spacial score (nSPS) is 23.4. The second-order valence-electron chi connectivity index (χ2n) is 4.61. The van der Waals surface area contributed by atoms with E-state index in [-0.39, 0.29) is 17.7 Å². The fourth-order valence-electron chi connectivity index (χ4n) is 2.01. The number of hydrogen-bond donors (Lipinski definition) is 0. The molecule has 4 nitrogen and oxygen atoms in total. The van der Waals surface area contributed by atoms with E-state index in [1.54, 1.807) is 23.2 Å². The summed E-state index contributed by atoms with van der Waals surface area (Å²) in [5.41, 5.74) is 0.196. The third kappa shape index (κ3) is 1.80. The molecule has 1 aromatic heterocycles. The van der Waals surface area contributed by atoms with E-state index in [1.165, 1.54) is 0 Å². The van der Waals surface area contributed by atoms with Gasteiger partial charge in [0.1, 0.15) is 11.9 Å². The number of carbonyl (C=O) groups is 1. The molecule has 0 aromatic carbocycles. The average molecular weight is 220 g/mol. The van der Waals surface area contributed by atoms with Gasteiger partial charge in [0.05, 0.1) is 12.1 Å². The van der Waals surface area contributed by atoms with E-state index in [4.69, 9.17) is 4.74 Å². The second kappa shape index (κ2) is 3.87. The van der Waals surface area contributed by atoms with Crippen LogP contribution in [0.3, 0.4) is 0 Å². The summed E-state index contributed by atoms with van der Waals surface area (Å²) in [5.74, 6) is -0.0735. The molecule has 1 unspecified atom stereocenters. The molecule has 2 heterocycles. The molecule has 0 spiro atoms. The first-order valence-corrected chi connectivity index (χ1v) is 5.39. The molecule has 2 rings (SSSR count). The van der Waals surface area contributed by atoms with Crippen LogP contribution in [0, 0.1) is 0 Å². The summed E-state index contributed by atoms with van der Waals surface area (Å²) in [4.78, 5) is 18.1. The first kappa shape index (κ1) is 11.1. The van der Waals surface area contributed by atoms with Gasteiger partial charge in [-0.25, -0.2) is 0 Å².